The molecule has 2 rings (SSSR count). The largest absolute Gasteiger partial charge is 0.328 e. The molecule has 2 aromatic rings. The average Bonchev–Trinajstić information content (AvgIpc) is 2.55. The Balaban J connectivity index is 2.07. The van der Waals surface area contributed by atoms with Gasteiger partial charge in [0.2, 0.25) is 0 Å². The summed E-state index contributed by atoms with van der Waals surface area (Å²) in [4.78, 5) is 26.3. The molecule has 120 valence electrons. The van der Waals surface area contributed by atoms with Crippen LogP contribution in [0.4, 0.5) is 5.69 Å². The summed E-state index contributed by atoms with van der Waals surface area (Å²) in [6, 6.07) is 17.0. The Morgan fingerprint density at radius 1 is 1.00 bits per heavy atom. The van der Waals surface area contributed by atoms with Crippen LogP contribution in [0.2, 0.25) is 0 Å². The molecule has 23 heavy (non-hydrogen) atoms. The normalized spacial score (nSPS) is 10.4. The number of nitrogens with zero attached hydrogens (tertiary/aromatic N) is 1. The van der Waals surface area contributed by atoms with Gasteiger partial charge in [0.25, 0.3) is 0 Å². The van der Waals surface area contributed by atoms with E-state index >= 15 is 0 Å². The number of hydrogen-bond donors (Lipinski definition) is 1. The molecule has 0 saturated heterocycles. The van der Waals surface area contributed by atoms with Crippen molar-refractivity contribution in [3.8, 4) is 0 Å². The molecule has 2 aromatic carbocycles. The van der Waals surface area contributed by atoms with Crippen LogP contribution in [-0.4, -0.2) is 22.8 Å². The first-order valence-electron chi connectivity index (χ1n) is 7.70. The third-order valence-corrected chi connectivity index (χ3v) is 3.58. The Morgan fingerprint density at radius 2 is 1.61 bits per heavy atom. The lowest BCUT2D eigenvalue weighted by atomic mass is 10.2. The van der Waals surface area contributed by atoms with Crippen LogP contribution in [0.3, 0.4) is 0 Å². The molecular weight excluding hydrogens is 288 g/mol. The van der Waals surface area contributed by atoms with Gasteiger partial charge in [0.1, 0.15) is 0 Å². The Labute approximate surface area is 137 Å². The van der Waals surface area contributed by atoms with E-state index in [0.29, 0.717) is 12.2 Å². The number of rotatable bonds is 4. The number of carbonyl (C=O) groups is 2. The molecule has 4 heteroatoms. The average molecular weight is 310 g/mol. The van der Waals surface area contributed by atoms with Crippen LogP contribution in [0.5, 0.6) is 0 Å². The van der Waals surface area contributed by atoms with Crippen LogP contribution in [0.25, 0.3) is 0 Å². The maximum Gasteiger partial charge on any atom is 0.313 e. The number of anilines is 1. The van der Waals surface area contributed by atoms with E-state index < -0.39 is 11.8 Å². The standard InChI is InChI=1S/C19H22N2O2/c1-14(2)21(13-16-7-5-4-6-8-16)19(23)18(22)20-17-11-9-15(3)10-12-17/h4-12,14H,13H2,1-3H3,(H,20,22). The Morgan fingerprint density at radius 3 is 2.17 bits per heavy atom. The predicted octanol–water partition coefficient (Wildman–Crippen LogP) is 3.37. The van der Waals surface area contributed by atoms with Crippen LogP contribution in [0.1, 0.15) is 25.0 Å². The highest BCUT2D eigenvalue weighted by Crippen LogP contribution is 2.12. The molecule has 4 nitrogen and oxygen atoms in total. The minimum absolute atomic E-state index is 0.0635. The van der Waals surface area contributed by atoms with Crippen LogP contribution in [0.15, 0.2) is 54.6 Å². The number of nitrogens with one attached hydrogen (secondary N) is 1. The summed E-state index contributed by atoms with van der Waals surface area (Å²) in [6.45, 7) is 6.19. The van der Waals surface area contributed by atoms with Gasteiger partial charge < -0.3 is 10.2 Å². The van der Waals surface area contributed by atoms with Crippen molar-refractivity contribution < 1.29 is 9.59 Å². The topological polar surface area (TPSA) is 49.4 Å². The molecule has 0 heterocycles. The molecule has 0 unspecified atom stereocenters. The molecule has 0 saturated carbocycles. The number of hydrogen-bond acceptors (Lipinski definition) is 2. The quantitative estimate of drug-likeness (QED) is 0.880. The Hall–Kier alpha value is -2.62. The van der Waals surface area contributed by atoms with Gasteiger partial charge in [-0.2, -0.15) is 0 Å². The van der Waals surface area contributed by atoms with Gasteiger partial charge in [0.05, 0.1) is 0 Å². The van der Waals surface area contributed by atoms with Crippen LogP contribution in [0, 0.1) is 6.92 Å². The van der Waals surface area contributed by atoms with Gasteiger partial charge in [-0.3, -0.25) is 9.59 Å². The first-order chi connectivity index (χ1) is 11.0. The zero-order chi connectivity index (χ0) is 16.8. The first kappa shape index (κ1) is 16.7. The monoisotopic (exact) mass is 310 g/mol. The molecule has 2 amide bonds. The van der Waals surface area contributed by atoms with Gasteiger partial charge in [-0.15, -0.1) is 0 Å². The van der Waals surface area contributed by atoms with Crippen molar-refractivity contribution in [1.82, 2.24) is 4.90 Å². The Kier molecular flexibility index (Phi) is 5.52. The van der Waals surface area contributed by atoms with Gasteiger partial charge in [-0.1, -0.05) is 48.0 Å². The van der Waals surface area contributed by atoms with Gasteiger partial charge in [-0.05, 0) is 38.5 Å². The van der Waals surface area contributed by atoms with E-state index in [1.807, 2.05) is 63.2 Å². The minimum atomic E-state index is -0.613. The van der Waals surface area contributed by atoms with E-state index in [9.17, 15) is 9.59 Å². The summed E-state index contributed by atoms with van der Waals surface area (Å²) in [5.41, 5.74) is 2.72. The zero-order valence-corrected chi connectivity index (χ0v) is 13.7. The van der Waals surface area contributed by atoms with Gasteiger partial charge in [0.15, 0.2) is 0 Å². The van der Waals surface area contributed by atoms with Crippen LogP contribution >= 0.6 is 0 Å². The zero-order valence-electron chi connectivity index (χ0n) is 13.7. The van der Waals surface area contributed by atoms with Gasteiger partial charge in [-0.25, -0.2) is 0 Å². The molecule has 0 atom stereocenters. The summed E-state index contributed by atoms with van der Waals surface area (Å²) < 4.78 is 0. The summed E-state index contributed by atoms with van der Waals surface area (Å²) >= 11 is 0. The maximum atomic E-state index is 12.5. The van der Waals surface area contributed by atoms with E-state index in [0.717, 1.165) is 11.1 Å². The minimum Gasteiger partial charge on any atom is -0.328 e. The highest BCUT2D eigenvalue weighted by Gasteiger charge is 2.24. The summed E-state index contributed by atoms with van der Waals surface area (Å²) in [6.07, 6.45) is 0. The molecule has 0 radical (unpaired) electrons. The molecule has 0 aliphatic heterocycles. The summed E-state index contributed by atoms with van der Waals surface area (Å²) in [5.74, 6) is -1.14. The van der Waals surface area contributed by atoms with E-state index in [4.69, 9.17) is 0 Å². The third-order valence-electron chi connectivity index (χ3n) is 3.58. The number of aryl methyl sites for hydroxylation is 1. The lowest BCUT2D eigenvalue weighted by Gasteiger charge is -2.26. The second-order valence-corrected chi connectivity index (χ2v) is 5.83. The van der Waals surface area contributed by atoms with E-state index in [-0.39, 0.29) is 6.04 Å². The fourth-order valence-electron chi connectivity index (χ4n) is 2.22. The number of carbonyl (C=O) groups excluding carboxylic acids is 2. The van der Waals surface area contributed by atoms with Crippen molar-refractivity contribution in [2.24, 2.45) is 0 Å². The lowest BCUT2D eigenvalue weighted by Crippen LogP contribution is -2.43. The van der Waals surface area contributed by atoms with Crippen molar-refractivity contribution in [3.63, 3.8) is 0 Å². The molecule has 0 aromatic heterocycles. The molecule has 1 N–H and O–H groups in total. The number of amides is 2. The second kappa shape index (κ2) is 7.58. The van der Waals surface area contributed by atoms with E-state index in [2.05, 4.69) is 5.32 Å². The summed E-state index contributed by atoms with van der Waals surface area (Å²) in [5, 5.41) is 2.66. The molecule has 0 spiro atoms. The molecular formula is C19H22N2O2. The maximum absolute atomic E-state index is 12.5. The smallest absolute Gasteiger partial charge is 0.313 e. The first-order valence-corrected chi connectivity index (χ1v) is 7.70. The van der Waals surface area contributed by atoms with E-state index in [1.54, 1.807) is 17.0 Å². The second-order valence-electron chi connectivity index (χ2n) is 5.83. The van der Waals surface area contributed by atoms with E-state index in [1.165, 1.54) is 0 Å². The van der Waals surface area contributed by atoms with Crippen molar-refractivity contribution in [2.45, 2.75) is 33.4 Å². The highest BCUT2D eigenvalue weighted by molar-refractivity contribution is 6.39. The van der Waals surface area contributed by atoms with Crippen LogP contribution in [-0.2, 0) is 16.1 Å². The SMILES string of the molecule is Cc1ccc(NC(=O)C(=O)N(Cc2ccccc2)C(C)C)cc1. The predicted molar refractivity (Wildman–Crippen MR) is 91.9 cm³/mol. The lowest BCUT2D eigenvalue weighted by molar-refractivity contribution is -0.144. The Bertz CT molecular complexity index is 664. The fourth-order valence-corrected chi connectivity index (χ4v) is 2.22. The third kappa shape index (κ3) is 4.68. The van der Waals surface area contributed by atoms with Crippen molar-refractivity contribution >= 4 is 17.5 Å². The van der Waals surface area contributed by atoms with Crippen molar-refractivity contribution in [2.75, 3.05) is 5.32 Å². The molecule has 0 fully saturated rings. The van der Waals surface area contributed by atoms with Gasteiger partial charge in [0, 0.05) is 18.3 Å². The van der Waals surface area contributed by atoms with Crippen molar-refractivity contribution in [3.05, 3.63) is 65.7 Å². The van der Waals surface area contributed by atoms with Crippen molar-refractivity contribution in [1.29, 1.82) is 0 Å². The highest BCUT2D eigenvalue weighted by atomic mass is 16.2. The van der Waals surface area contributed by atoms with Crippen LogP contribution < -0.4 is 5.32 Å². The molecule has 0 aliphatic carbocycles. The summed E-state index contributed by atoms with van der Waals surface area (Å²) in [7, 11) is 0. The molecule has 0 bridgehead atoms. The molecule has 0 aliphatic rings. The number of benzene rings is 2. The van der Waals surface area contributed by atoms with Gasteiger partial charge >= 0.3 is 11.8 Å². The fraction of sp³-hybridized carbons (Fsp3) is 0.263.